The maximum Gasteiger partial charge on any atom is 0.211 e. The molecule has 12 heavy (non-hydrogen) atoms. The van der Waals surface area contributed by atoms with Crippen molar-refractivity contribution in [1.82, 2.24) is 5.32 Å². The van der Waals surface area contributed by atoms with E-state index in [4.69, 9.17) is 0 Å². The lowest BCUT2D eigenvalue weighted by Gasteiger charge is -2.19. The Labute approximate surface area is 74.4 Å². The molecule has 0 aromatic carbocycles. The zero-order valence-electron chi connectivity index (χ0n) is 8.22. The Morgan fingerprint density at radius 1 is 1.33 bits per heavy atom. The van der Waals surface area contributed by atoms with E-state index in [1.165, 1.54) is 5.57 Å². The highest BCUT2D eigenvalue weighted by atomic mass is 16.1. The van der Waals surface area contributed by atoms with E-state index in [0.717, 1.165) is 0 Å². The normalized spacial score (nSPS) is 13.5. The van der Waals surface area contributed by atoms with Crippen molar-refractivity contribution in [3.63, 3.8) is 0 Å². The van der Waals surface area contributed by atoms with Crippen LogP contribution in [0, 0.1) is 5.41 Å². The first-order valence-corrected chi connectivity index (χ1v) is 4.05. The predicted molar refractivity (Wildman–Crippen MR) is 51.6 cm³/mol. The second-order valence-corrected chi connectivity index (χ2v) is 3.61. The summed E-state index contributed by atoms with van der Waals surface area (Å²) in [5.41, 5.74) is 1.34. The van der Waals surface area contributed by atoms with Gasteiger partial charge in [-0.1, -0.05) is 26.8 Å². The van der Waals surface area contributed by atoms with E-state index in [9.17, 15) is 4.79 Å². The summed E-state index contributed by atoms with van der Waals surface area (Å²) >= 11 is 0. The van der Waals surface area contributed by atoms with E-state index in [0.29, 0.717) is 6.41 Å². The highest BCUT2D eigenvalue weighted by Crippen LogP contribution is 2.25. The van der Waals surface area contributed by atoms with Crippen molar-refractivity contribution in [2.24, 2.45) is 5.41 Å². The largest absolute Gasteiger partial charge is 0.335 e. The minimum Gasteiger partial charge on any atom is -0.335 e. The van der Waals surface area contributed by atoms with Crippen LogP contribution in [-0.4, -0.2) is 6.41 Å². The lowest BCUT2D eigenvalue weighted by Crippen LogP contribution is -2.08. The van der Waals surface area contributed by atoms with Gasteiger partial charge in [-0.2, -0.15) is 0 Å². The molecule has 2 heteroatoms. The summed E-state index contributed by atoms with van der Waals surface area (Å²) in [6.07, 6.45) is 6.26. The van der Waals surface area contributed by atoms with Gasteiger partial charge in [0.05, 0.1) is 0 Å². The van der Waals surface area contributed by atoms with Crippen molar-refractivity contribution in [1.29, 1.82) is 0 Å². The Morgan fingerprint density at radius 3 is 2.25 bits per heavy atom. The Morgan fingerprint density at radius 2 is 1.92 bits per heavy atom. The fraction of sp³-hybridized carbons (Fsp3) is 0.500. The van der Waals surface area contributed by atoms with Crippen molar-refractivity contribution in [2.75, 3.05) is 0 Å². The minimum absolute atomic E-state index is 0.135. The van der Waals surface area contributed by atoms with Gasteiger partial charge in [0.1, 0.15) is 0 Å². The van der Waals surface area contributed by atoms with Crippen molar-refractivity contribution >= 4 is 6.41 Å². The van der Waals surface area contributed by atoms with Gasteiger partial charge in [-0.05, 0) is 24.0 Å². The molecule has 0 aliphatic rings. The van der Waals surface area contributed by atoms with Gasteiger partial charge in [0.2, 0.25) is 6.41 Å². The standard InChI is InChI=1S/C10H17NO/c1-5-9(10(2,3)4)6-7-11-8-12/h5-8H,1-4H3,(H,11,12)/b7-6+,9-5+. The molecular formula is C10H17NO. The van der Waals surface area contributed by atoms with Gasteiger partial charge < -0.3 is 5.32 Å². The molecule has 1 amide bonds. The Hall–Kier alpha value is -1.05. The highest BCUT2D eigenvalue weighted by molar-refractivity contribution is 5.48. The fourth-order valence-corrected chi connectivity index (χ4v) is 0.956. The van der Waals surface area contributed by atoms with Crippen molar-refractivity contribution in [3.8, 4) is 0 Å². The molecule has 0 aliphatic carbocycles. The average Bonchev–Trinajstić information content (AvgIpc) is 1.95. The van der Waals surface area contributed by atoms with Crippen LogP contribution in [0.5, 0.6) is 0 Å². The van der Waals surface area contributed by atoms with E-state index in [1.54, 1.807) is 6.20 Å². The molecule has 0 unspecified atom stereocenters. The summed E-state index contributed by atoms with van der Waals surface area (Å²) in [5, 5.41) is 2.48. The van der Waals surface area contributed by atoms with Crippen LogP contribution in [0.1, 0.15) is 27.7 Å². The highest BCUT2D eigenvalue weighted by Gasteiger charge is 2.12. The van der Waals surface area contributed by atoms with E-state index in [-0.39, 0.29) is 5.41 Å². The second kappa shape index (κ2) is 4.75. The van der Waals surface area contributed by atoms with Crippen molar-refractivity contribution < 1.29 is 4.79 Å². The summed E-state index contributed by atoms with van der Waals surface area (Å²) in [6.45, 7) is 8.39. The zero-order chi connectivity index (χ0) is 9.61. The molecule has 0 spiro atoms. The van der Waals surface area contributed by atoms with Crippen molar-refractivity contribution in [3.05, 3.63) is 23.9 Å². The van der Waals surface area contributed by atoms with Gasteiger partial charge in [-0.15, -0.1) is 0 Å². The number of nitrogens with one attached hydrogen (secondary N) is 1. The Kier molecular flexibility index (Phi) is 4.34. The second-order valence-electron chi connectivity index (χ2n) is 3.61. The van der Waals surface area contributed by atoms with Gasteiger partial charge in [-0.25, -0.2) is 0 Å². The lowest BCUT2D eigenvalue weighted by molar-refractivity contribution is -0.108. The van der Waals surface area contributed by atoms with Crippen LogP contribution in [0.3, 0.4) is 0 Å². The Balaban J connectivity index is 4.30. The first-order valence-electron chi connectivity index (χ1n) is 4.05. The summed E-state index contributed by atoms with van der Waals surface area (Å²) in [5.74, 6) is 0. The van der Waals surface area contributed by atoms with Gasteiger partial charge in [-0.3, -0.25) is 4.79 Å². The molecule has 0 aromatic rings. The maximum atomic E-state index is 9.94. The van der Waals surface area contributed by atoms with E-state index >= 15 is 0 Å². The summed E-state index contributed by atoms with van der Waals surface area (Å²) in [4.78, 5) is 9.94. The van der Waals surface area contributed by atoms with Crippen LogP contribution in [-0.2, 0) is 4.79 Å². The van der Waals surface area contributed by atoms with Crippen LogP contribution in [0.4, 0.5) is 0 Å². The van der Waals surface area contributed by atoms with Crippen molar-refractivity contribution in [2.45, 2.75) is 27.7 Å². The summed E-state index contributed by atoms with van der Waals surface area (Å²) < 4.78 is 0. The molecule has 0 atom stereocenters. The van der Waals surface area contributed by atoms with Gasteiger partial charge >= 0.3 is 0 Å². The zero-order valence-corrected chi connectivity index (χ0v) is 8.22. The lowest BCUT2D eigenvalue weighted by atomic mass is 9.86. The number of hydrogen-bond donors (Lipinski definition) is 1. The van der Waals surface area contributed by atoms with Gasteiger partial charge in [0, 0.05) is 6.20 Å². The van der Waals surface area contributed by atoms with Gasteiger partial charge in [0.15, 0.2) is 0 Å². The van der Waals surface area contributed by atoms with Gasteiger partial charge in [0.25, 0.3) is 0 Å². The molecule has 68 valence electrons. The SMILES string of the molecule is C/C=C(\C=C\NC=O)C(C)(C)C. The predicted octanol–water partition coefficient (Wildman–Crippen LogP) is 2.24. The van der Waals surface area contributed by atoms with E-state index < -0.39 is 0 Å². The maximum absolute atomic E-state index is 9.94. The third kappa shape index (κ3) is 3.96. The third-order valence-electron chi connectivity index (χ3n) is 1.60. The molecule has 0 aromatic heterocycles. The number of carbonyl (C=O) groups is 1. The number of amides is 1. The first-order chi connectivity index (χ1) is 5.52. The monoisotopic (exact) mass is 167 g/mol. The molecule has 0 fully saturated rings. The fourth-order valence-electron chi connectivity index (χ4n) is 0.956. The number of carbonyl (C=O) groups excluding carboxylic acids is 1. The van der Waals surface area contributed by atoms with Crippen LogP contribution in [0.15, 0.2) is 23.9 Å². The molecule has 0 saturated carbocycles. The number of allylic oxidation sites excluding steroid dienone is 3. The molecule has 1 N–H and O–H groups in total. The smallest absolute Gasteiger partial charge is 0.211 e. The third-order valence-corrected chi connectivity index (χ3v) is 1.60. The van der Waals surface area contributed by atoms with E-state index in [2.05, 4.69) is 26.1 Å². The molecule has 0 heterocycles. The molecule has 0 radical (unpaired) electrons. The number of rotatable bonds is 3. The van der Waals surface area contributed by atoms with Crippen LogP contribution in [0.25, 0.3) is 0 Å². The Bertz CT molecular complexity index is 196. The molecule has 0 bridgehead atoms. The summed E-state index contributed by atoms with van der Waals surface area (Å²) in [7, 11) is 0. The molecule has 2 nitrogen and oxygen atoms in total. The molecule has 0 saturated heterocycles. The molecule has 0 aliphatic heterocycles. The number of hydrogen-bond acceptors (Lipinski definition) is 1. The van der Waals surface area contributed by atoms with Crippen LogP contribution in [0.2, 0.25) is 0 Å². The minimum atomic E-state index is 0.135. The average molecular weight is 167 g/mol. The van der Waals surface area contributed by atoms with Crippen LogP contribution >= 0.6 is 0 Å². The summed E-state index contributed by atoms with van der Waals surface area (Å²) in [6, 6.07) is 0. The van der Waals surface area contributed by atoms with E-state index in [1.807, 2.05) is 19.1 Å². The molecule has 0 rings (SSSR count). The first kappa shape index (κ1) is 11.0. The quantitative estimate of drug-likeness (QED) is 0.507. The van der Waals surface area contributed by atoms with Crippen LogP contribution < -0.4 is 5.32 Å². The molecular weight excluding hydrogens is 150 g/mol. The topological polar surface area (TPSA) is 29.1 Å².